The number of methoxy groups -OCH3 is 2. The number of hydrogen-bond acceptors (Lipinski definition) is 6. The number of amides is 2. The average Bonchev–Trinajstić information content (AvgIpc) is 2.57. The molecule has 1 rings (SSSR count). The van der Waals surface area contributed by atoms with Gasteiger partial charge >= 0.3 is 6.03 Å². The molecule has 0 radical (unpaired) electrons. The van der Waals surface area contributed by atoms with Gasteiger partial charge < -0.3 is 35.4 Å². The Bertz CT molecular complexity index is 482. The quantitative estimate of drug-likeness (QED) is 0.429. The van der Waals surface area contributed by atoms with Gasteiger partial charge in [0.1, 0.15) is 5.54 Å². The van der Waals surface area contributed by atoms with Gasteiger partial charge in [-0.25, -0.2) is 4.79 Å². The minimum absolute atomic E-state index is 0.199. The molecule has 0 atom stereocenters. The van der Waals surface area contributed by atoms with Crippen molar-refractivity contribution in [3.8, 4) is 11.5 Å². The molecule has 0 aliphatic carbocycles. The Balaban J connectivity index is 2.64. The summed E-state index contributed by atoms with van der Waals surface area (Å²) in [5.74, 6) is 1.12. The van der Waals surface area contributed by atoms with Gasteiger partial charge in [-0.05, 0) is 17.7 Å². The third kappa shape index (κ3) is 4.48. The molecule has 0 saturated carbocycles. The van der Waals surface area contributed by atoms with Crippen molar-refractivity contribution in [1.82, 2.24) is 10.6 Å². The summed E-state index contributed by atoms with van der Waals surface area (Å²) in [6, 6.07) is 4.58. The van der Waals surface area contributed by atoms with E-state index < -0.39 is 31.4 Å². The molecule has 0 saturated heterocycles. The van der Waals surface area contributed by atoms with Gasteiger partial charge in [0.2, 0.25) is 0 Å². The fourth-order valence-corrected chi connectivity index (χ4v) is 1.73. The highest BCUT2D eigenvalue weighted by molar-refractivity contribution is 5.74. The molecule has 0 aromatic heterocycles. The topological polar surface area (TPSA) is 120 Å². The fourth-order valence-electron chi connectivity index (χ4n) is 1.73. The first kappa shape index (κ1) is 18.0. The van der Waals surface area contributed by atoms with Crippen LogP contribution in [0.3, 0.4) is 0 Å². The molecule has 1 aromatic rings. The summed E-state index contributed by atoms with van der Waals surface area (Å²) in [6.45, 7) is -1.54. The number of aliphatic hydroxyl groups is 3. The van der Waals surface area contributed by atoms with Crippen LogP contribution in [0, 0.1) is 0 Å². The molecular formula is C14H22N2O6. The van der Waals surface area contributed by atoms with Crippen molar-refractivity contribution in [1.29, 1.82) is 0 Å². The second kappa shape index (κ2) is 8.42. The second-order valence-corrected chi connectivity index (χ2v) is 4.75. The van der Waals surface area contributed by atoms with Gasteiger partial charge in [-0.3, -0.25) is 0 Å². The Hall–Kier alpha value is -2.03. The van der Waals surface area contributed by atoms with Crippen LogP contribution in [0.5, 0.6) is 11.5 Å². The number of rotatable bonds is 8. The van der Waals surface area contributed by atoms with E-state index in [4.69, 9.17) is 24.8 Å². The Labute approximate surface area is 128 Å². The van der Waals surface area contributed by atoms with E-state index in [9.17, 15) is 4.79 Å². The Morgan fingerprint density at radius 1 is 1.09 bits per heavy atom. The molecule has 124 valence electrons. The van der Waals surface area contributed by atoms with Crippen LogP contribution in [0.15, 0.2) is 18.2 Å². The maximum absolute atomic E-state index is 11.8. The fraction of sp³-hybridized carbons (Fsp3) is 0.500. The number of urea groups is 1. The van der Waals surface area contributed by atoms with Crippen LogP contribution >= 0.6 is 0 Å². The number of ether oxygens (including phenoxy) is 2. The largest absolute Gasteiger partial charge is 0.493 e. The van der Waals surface area contributed by atoms with Crippen molar-refractivity contribution < 1.29 is 29.6 Å². The summed E-state index contributed by atoms with van der Waals surface area (Å²) in [5.41, 5.74) is -0.683. The maximum atomic E-state index is 11.8. The Morgan fingerprint density at radius 2 is 1.68 bits per heavy atom. The lowest BCUT2D eigenvalue weighted by Gasteiger charge is -2.28. The van der Waals surface area contributed by atoms with Crippen molar-refractivity contribution in [2.24, 2.45) is 0 Å². The molecule has 8 heteroatoms. The molecule has 1 aromatic carbocycles. The van der Waals surface area contributed by atoms with Gasteiger partial charge in [0, 0.05) is 6.54 Å². The molecule has 8 nitrogen and oxygen atoms in total. The first-order valence-corrected chi connectivity index (χ1v) is 6.63. The lowest BCUT2D eigenvalue weighted by atomic mass is 10.0. The number of carbonyl (C=O) groups excluding carboxylic acids is 1. The van der Waals surface area contributed by atoms with Crippen molar-refractivity contribution in [3.05, 3.63) is 23.8 Å². The van der Waals surface area contributed by atoms with Gasteiger partial charge in [-0.1, -0.05) is 6.07 Å². The zero-order valence-corrected chi connectivity index (χ0v) is 12.6. The molecule has 0 aliphatic heterocycles. The van der Waals surface area contributed by atoms with Gasteiger partial charge in [-0.2, -0.15) is 0 Å². The first-order chi connectivity index (χ1) is 10.5. The van der Waals surface area contributed by atoms with Crippen LogP contribution in [0.25, 0.3) is 0 Å². The standard InChI is InChI=1S/C14H22N2O6/c1-21-11-4-3-10(5-12(11)22-2)6-15-13(20)16-14(7-17,8-18)9-19/h3-5,17-19H,6-9H2,1-2H3,(H2,15,16,20). The predicted molar refractivity (Wildman–Crippen MR) is 78.9 cm³/mol. The van der Waals surface area contributed by atoms with Gasteiger partial charge in [0.05, 0.1) is 34.0 Å². The summed E-state index contributed by atoms with van der Waals surface area (Å²) in [6.07, 6.45) is 0. The summed E-state index contributed by atoms with van der Waals surface area (Å²) in [4.78, 5) is 11.8. The molecule has 0 spiro atoms. The highest BCUT2D eigenvalue weighted by atomic mass is 16.5. The lowest BCUT2D eigenvalue weighted by Crippen LogP contribution is -2.59. The third-order valence-corrected chi connectivity index (χ3v) is 3.19. The zero-order chi connectivity index (χ0) is 16.6. The molecule has 22 heavy (non-hydrogen) atoms. The van der Waals surface area contributed by atoms with Gasteiger partial charge in [0.15, 0.2) is 11.5 Å². The van der Waals surface area contributed by atoms with Crippen LogP contribution in [0.1, 0.15) is 5.56 Å². The summed E-state index contributed by atoms with van der Waals surface area (Å²) >= 11 is 0. The minimum atomic E-state index is -1.46. The van der Waals surface area contributed by atoms with E-state index in [1.807, 2.05) is 0 Å². The van der Waals surface area contributed by atoms with E-state index in [-0.39, 0.29) is 6.54 Å². The normalized spacial score (nSPS) is 11.0. The van der Waals surface area contributed by atoms with E-state index in [0.29, 0.717) is 11.5 Å². The van der Waals surface area contributed by atoms with Crippen molar-refractivity contribution in [3.63, 3.8) is 0 Å². The van der Waals surface area contributed by atoms with E-state index in [1.54, 1.807) is 18.2 Å². The third-order valence-electron chi connectivity index (χ3n) is 3.19. The van der Waals surface area contributed by atoms with Crippen molar-refractivity contribution in [2.75, 3.05) is 34.0 Å². The van der Waals surface area contributed by atoms with Crippen molar-refractivity contribution >= 4 is 6.03 Å². The smallest absolute Gasteiger partial charge is 0.315 e. The molecule has 2 amide bonds. The van der Waals surface area contributed by atoms with E-state index in [0.717, 1.165) is 5.56 Å². The number of aliphatic hydroxyl groups excluding tert-OH is 3. The van der Waals surface area contributed by atoms with Crippen LogP contribution in [0.2, 0.25) is 0 Å². The Kier molecular flexibility index (Phi) is 6.90. The number of benzene rings is 1. The van der Waals surface area contributed by atoms with Crippen LogP contribution in [0.4, 0.5) is 4.79 Å². The van der Waals surface area contributed by atoms with Gasteiger partial charge in [-0.15, -0.1) is 0 Å². The predicted octanol–water partition coefficient (Wildman–Crippen LogP) is -0.781. The molecular weight excluding hydrogens is 292 g/mol. The highest BCUT2D eigenvalue weighted by Crippen LogP contribution is 2.27. The molecule has 0 aliphatic rings. The van der Waals surface area contributed by atoms with Crippen LogP contribution < -0.4 is 20.1 Å². The summed E-state index contributed by atoms with van der Waals surface area (Å²) < 4.78 is 10.3. The van der Waals surface area contributed by atoms with Crippen LogP contribution in [-0.4, -0.2) is 60.9 Å². The molecule has 0 heterocycles. The van der Waals surface area contributed by atoms with Gasteiger partial charge in [0.25, 0.3) is 0 Å². The summed E-state index contributed by atoms with van der Waals surface area (Å²) in [5, 5.41) is 32.3. The summed E-state index contributed by atoms with van der Waals surface area (Å²) in [7, 11) is 3.04. The zero-order valence-electron chi connectivity index (χ0n) is 12.6. The number of carbonyl (C=O) groups is 1. The number of hydrogen-bond donors (Lipinski definition) is 5. The average molecular weight is 314 g/mol. The molecule has 5 N–H and O–H groups in total. The minimum Gasteiger partial charge on any atom is -0.493 e. The maximum Gasteiger partial charge on any atom is 0.315 e. The second-order valence-electron chi connectivity index (χ2n) is 4.75. The SMILES string of the molecule is COc1ccc(CNC(=O)NC(CO)(CO)CO)cc1OC. The Morgan fingerprint density at radius 3 is 2.18 bits per heavy atom. The first-order valence-electron chi connectivity index (χ1n) is 6.63. The lowest BCUT2D eigenvalue weighted by molar-refractivity contribution is 0.0492. The van der Waals surface area contributed by atoms with E-state index in [1.165, 1.54) is 14.2 Å². The molecule has 0 unspecified atom stereocenters. The van der Waals surface area contributed by atoms with Crippen molar-refractivity contribution in [2.45, 2.75) is 12.1 Å². The highest BCUT2D eigenvalue weighted by Gasteiger charge is 2.29. The number of nitrogens with one attached hydrogen (secondary N) is 2. The van der Waals surface area contributed by atoms with Crippen LogP contribution in [-0.2, 0) is 6.54 Å². The monoisotopic (exact) mass is 314 g/mol. The molecule has 0 fully saturated rings. The molecule has 0 bridgehead atoms. The van der Waals surface area contributed by atoms with E-state index >= 15 is 0 Å². The van der Waals surface area contributed by atoms with E-state index in [2.05, 4.69) is 10.6 Å².